The van der Waals surface area contributed by atoms with E-state index in [-0.39, 0.29) is 0 Å². The molecule has 2 heterocycles. The zero-order chi connectivity index (χ0) is 30.9. The Morgan fingerprint density at radius 3 is 1.81 bits per heavy atom. The van der Waals surface area contributed by atoms with E-state index in [1.165, 1.54) is 41.9 Å². The fraction of sp³-hybridized carbons (Fsp3) is 0. The van der Waals surface area contributed by atoms with Crippen molar-refractivity contribution in [1.29, 1.82) is 0 Å². The van der Waals surface area contributed by atoms with Crippen molar-refractivity contribution < 1.29 is 4.42 Å². The van der Waals surface area contributed by atoms with Gasteiger partial charge in [0, 0.05) is 37.3 Å². The highest BCUT2D eigenvalue weighted by molar-refractivity contribution is 7.26. The van der Waals surface area contributed by atoms with Gasteiger partial charge in [0.1, 0.15) is 5.58 Å². The number of thiophene rings is 1. The Hall–Kier alpha value is -5.90. The van der Waals surface area contributed by atoms with Crippen molar-refractivity contribution in [3.05, 3.63) is 164 Å². The second-order valence-electron chi connectivity index (χ2n) is 12.0. The monoisotopic (exact) mass is 617 g/mol. The van der Waals surface area contributed by atoms with Crippen molar-refractivity contribution in [1.82, 2.24) is 0 Å². The Morgan fingerprint density at radius 1 is 0.404 bits per heavy atom. The summed E-state index contributed by atoms with van der Waals surface area (Å²) >= 11 is 1.85. The lowest BCUT2D eigenvalue weighted by Crippen LogP contribution is -2.10. The van der Waals surface area contributed by atoms with Gasteiger partial charge in [-0.25, -0.2) is 0 Å². The zero-order valence-electron chi connectivity index (χ0n) is 25.4. The molecule has 2 aromatic heterocycles. The van der Waals surface area contributed by atoms with Gasteiger partial charge >= 0.3 is 0 Å². The summed E-state index contributed by atoms with van der Waals surface area (Å²) in [6.45, 7) is 0. The number of rotatable bonds is 4. The van der Waals surface area contributed by atoms with E-state index < -0.39 is 0 Å². The van der Waals surface area contributed by atoms with Crippen LogP contribution in [0.3, 0.4) is 0 Å². The summed E-state index contributed by atoms with van der Waals surface area (Å²) in [4.78, 5) is 2.39. The molecule has 0 saturated heterocycles. The number of furan rings is 1. The Balaban J connectivity index is 1.39. The molecule has 8 aromatic carbocycles. The standard InChI is InChI=1S/C44H27NOS/c1-3-14-28(15-4-1)30-26-27-37(43-40(30)41-34-21-9-7-18-31(34)32-19-8-10-22-35(32)42(41)46-43)45(29-16-5-2-6-17-29)38-24-13-23-36-33-20-11-12-25-39(33)47-44(36)38/h1-27H. The van der Waals surface area contributed by atoms with E-state index in [2.05, 4.69) is 169 Å². The lowest BCUT2D eigenvalue weighted by Gasteiger charge is -2.26. The van der Waals surface area contributed by atoms with E-state index in [1.807, 2.05) is 11.3 Å². The maximum absolute atomic E-state index is 7.22. The first kappa shape index (κ1) is 26.3. The normalized spacial score (nSPS) is 11.8. The molecular weight excluding hydrogens is 591 g/mol. The van der Waals surface area contributed by atoms with E-state index in [4.69, 9.17) is 4.42 Å². The minimum absolute atomic E-state index is 0.879. The van der Waals surface area contributed by atoms with E-state index in [0.717, 1.165) is 50.0 Å². The van der Waals surface area contributed by atoms with Crippen LogP contribution in [0.15, 0.2) is 168 Å². The maximum Gasteiger partial charge on any atom is 0.160 e. The SMILES string of the molecule is c1ccc(-c2ccc(N(c3ccccc3)c3cccc4c3sc3ccccc34)c3oc4c5ccccc5c5ccccc5c4c23)cc1. The maximum atomic E-state index is 7.22. The number of hydrogen-bond donors (Lipinski definition) is 0. The number of hydrogen-bond acceptors (Lipinski definition) is 3. The number of anilines is 3. The molecule has 10 aromatic rings. The number of nitrogens with zero attached hydrogens (tertiary/aromatic N) is 1. The molecule has 0 fully saturated rings. The molecule has 0 aliphatic heterocycles. The molecule has 0 saturated carbocycles. The van der Waals surface area contributed by atoms with Crippen LogP contribution in [0.2, 0.25) is 0 Å². The molecule has 0 aliphatic carbocycles. The van der Waals surface area contributed by atoms with Crippen LogP contribution in [0, 0.1) is 0 Å². The van der Waals surface area contributed by atoms with Crippen LogP contribution in [0.1, 0.15) is 0 Å². The predicted molar refractivity (Wildman–Crippen MR) is 202 cm³/mol. The predicted octanol–water partition coefficient (Wildman–Crippen LogP) is 13.4. The molecule has 47 heavy (non-hydrogen) atoms. The van der Waals surface area contributed by atoms with Crippen molar-refractivity contribution in [3.8, 4) is 11.1 Å². The van der Waals surface area contributed by atoms with E-state index in [9.17, 15) is 0 Å². The molecule has 10 rings (SSSR count). The van der Waals surface area contributed by atoms with Crippen LogP contribution in [0.4, 0.5) is 17.1 Å². The van der Waals surface area contributed by atoms with Gasteiger partial charge in [0.05, 0.1) is 16.1 Å². The molecule has 3 heteroatoms. The number of fused-ring (bicyclic) bond motifs is 11. The molecule has 0 radical (unpaired) electrons. The van der Waals surface area contributed by atoms with Gasteiger partial charge < -0.3 is 9.32 Å². The highest BCUT2D eigenvalue weighted by Crippen LogP contribution is 2.51. The van der Waals surface area contributed by atoms with Gasteiger partial charge in [0.15, 0.2) is 5.58 Å². The van der Waals surface area contributed by atoms with E-state index >= 15 is 0 Å². The minimum atomic E-state index is 0.879. The van der Waals surface area contributed by atoms with Gasteiger partial charge in [0.2, 0.25) is 0 Å². The van der Waals surface area contributed by atoms with Gasteiger partial charge in [-0.15, -0.1) is 11.3 Å². The van der Waals surface area contributed by atoms with Crippen LogP contribution in [-0.4, -0.2) is 0 Å². The second kappa shape index (κ2) is 10.3. The molecule has 0 amide bonds. The Labute approximate surface area is 275 Å². The Kier molecular flexibility index (Phi) is 5.78. The van der Waals surface area contributed by atoms with Crippen molar-refractivity contribution in [2.24, 2.45) is 0 Å². The first-order valence-electron chi connectivity index (χ1n) is 15.9. The third-order valence-electron chi connectivity index (χ3n) is 9.44. The molecule has 220 valence electrons. The molecule has 0 unspecified atom stereocenters. The molecule has 0 N–H and O–H groups in total. The lowest BCUT2D eigenvalue weighted by atomic mass is 9.93. The van der Waals surface area contributed by atoms with Crippen molar-refractivity contribution in [2.45, 2.75) is 0 Å². The van der Waals surface area contributed by atoms with Crippen LogP contribution in [0.5, 0.6) is 0 Å². The summed E-state index contributed by atoms with van der Waals surface area (Å²) in [6, 6.07) is 58.7. The molecule has 0 spiro atoms. The summed E-state index contributed by atoms with van der Waals surface area (Å²) in [7, 11) is 0. The fourth-order valence-corrected chi connectivity index (χ4v) is 8.62. The van der Waals surface area contributed by atoms with E-state index in [0.29, 0.717) is 0 Å². The number of benzene rings is 8. The quantitative estimate of drug-likeness (QED) is 0.183. The average Bonchev–Trinajstić information content (AvgIpc) is 3.74. The van der Waals surface area contributed by atoms with Gasteiger partial charge in [-0.3, -0.25) is 0 Å². The highest BCUT2D eigenvalue weighted by Gasteiger charge is 2.26. The molecule has 0 bridgehead atoms. The summed E-state index contributed by atoms with van der Waals surface area (Å²) in [5.74, 6) is 0. The van der Waals surface area contributed by atoms with Crippen LogP contribution >= 0.6 is 11.3 Å². The minimum Gasteiger partial charge on any atom is -0.453 e. The largest absolute Gasteiger partial charge is 0.453 e. The summed E-state index contributed by atoms with van der Waals surface area (Å²) in [5, 5.41) is 9.60. The van der Waals surface area contributed by atoms with Crippen molar-refractivity contribution in [2.75, 3.05) is 4.90 Å². The zero-order valence-corrected chi connectivity index (χ0v) is 26.2. The molecule has 2 nitrogen and oxygen atoms in total. The van der Waals surface area contributed by atoms with Gasteiger partial charge in [0.25, 0.3) is 0 Å². The topological polar surface area (TPSA) is 16.4 Å². The molecule has 0 atom stereocenters. The third-order valence-corrected chi connectivity index (χ3v) is 10.6. The fourth-order valence-electron chi connectivity index (χ4n) is 7.42. The highest BCUT2D eigenvalue weighted by atomic mass is 32.1. The molecule has 0 aliphatic rings. The van der Waals surface area contributed by atoms with Gasteiger partial charge in [-0.1, -0.05) is 133 Å². The first-order chi connectivity index (χ1) is 23.3. The molecular formula is C44H27NOS. The van der Waals surface area contributed by atoms with Crippen LogP contribution in [0.25, 0.3) is 74.8 Å². The summed E-state index contributed by atoms with van der Waals surface area (Å²) < 4.78 is 9.76. The van der Waals surface area contributed by atoms with Crippen LogP contribution in [-0.2, 0) is 0 Å². The third kappa shape index (κ3) is 3.90. The summed E-state index contributed by atoms with van der Waals surface area (Å²) in [6.07, 6.45) is 0. The summed E-state index contributed by atoms with van der Waals surface area (Å²) in [5.41, 5.74) is 7.37. The van der Waals surface area contributed by atoms with Gasteiger partial charge in [-0.05, 0) is 57.6 Å². The number of para-hydroxylation sites is 1. The van der Waals surface area contributed by atoms with Gasteiger partial charge in [-0.2, -0.15) is 0 Å². The van der Waals surface area contributed by atoms with Crippen molar-refractivity contribution >= 4 is 92.1 Å². The van der Waals surface area contributed by atoms with Crippen LogP contribution < -0.4 is 4.90 Å². The lowest BCUT2D eigenvalue weighted by molar-refractivity contribution is 0.673. The second-order valence-corrected chi connectivity index (χ2v) is 13.1. The van der Waals surface area contributed by atoms with E-state index in [1.54, 1.807) is 0 Å². The Bertz CT molecular complexity index is 2790. The van der Waals surface area contributed by atoms with Crippen molar-refractivity contribution in [3.63, 3.8) is 0 Å². The Morgan fingerprint density at radius 2 is 1.02 bits per heavy atom. The average molecular weight is 618 g/mol. The smallest absolute Gasteiger partial charge is 0.160 e. The first-order valence-corrected chi connectivity index (χ1v) is 16.8.